The van der Waals surface area contributed by atoms with Crippen LogP contribution in [-0.4, -0.2) is 48.3 Å². The number of hydrogen-bond acceptors (Lipinski definition) is 7. The molecule has 32 heavy (non-hydrogen) atoms. The molecule has 170 valence electrons. The zero-order valence-corrected chi connectivity index (χ0v) is 19.0. The summed E-state index contributed by atoms with van der Waals surface area (Å²) in [5.41, 5.74) is 0.604. The first-order valence-electron chi connectivity index (χ1n) is 11.2. The number of carbonyl (C=O) groups excluding carboxylic acids is 1. The summed E-state index contributed by atoms with van der Waals surface area (Å²) in [6, 6.07) is 6.48. The SMILES string of the molecule is CC(C)C(NC(=O)C1CCCN(C2=NS(=O)(=O)c3ccccc32)C1)c1nc(C2CC2)no1. The average Bonchev–Trinajstić information content (AvgIpc) is 3.45. The Kier molecular flexibility index (Phi) is 5.27. The van der Waals surface area contributed by atoms with Gasteiger partial charge < -0.3 is 14.7 Å². The molecule has 0 bridgehead atoms. The highest BCUT2D eigenvalue weighted by atomic mass is 32.2. The molecule has 5 rings (SSSR count). The van der Waals surface area contributed by atoms with E-state index in [4.69, 9.17) is 4.52 Å². The standard InChI is InChI=1S/C22H27N5O4S/c1-13(2)18(22-24-19(25-31-22)14-9-10-14)23-21(28)15-6-5-11-27(12-15)20-16-7-3-4-8-17(16)32(29,30)26-20/h3-4,7-8,13-15,18H,5-6,9-12H2,1-2H3,(H,23,28). The summed E-state index contributed by atoms with van der Waals surface area (Å²) in [5.74, 6) is 1.70. The van der Waals surface area contributed by atoms with Crippen LogP contribution in [0.3, 0.4) is 0 Å². The van der Waals surface area contributed by atoms with Crippen LogP contribution in [-0.2, 0) is 14.8 Å². The minimum Gasteiger partial charge on any atom is -0.355 e. The number of amidine groups is 1. The number of nitrogens with one attached hydrogen (secondary N) is 1. The molecule has 10 heteroatoms. The molecule has 3 heterocycles. The number of sulfonamides is 1. The van der Waals surface area contributed by atoms with E-state index in [2.05, 4.69) is 19.9 Å². The van der Waals surface area contributed by atoms with Crippen molar-refractivity contribution < 1.29 is 17.7 Å². The topological polar surface area (TPSA) is 118 Å². The Balaban J connectivity index is 1.31. The number of amides is 1. The van der Waals surface area contributed by atoms with Crippen LogP contribution >= 0.6 is 0 Å². The van der Waals surface area contributed by atoms with Crippen LogP contribution in [0.2, 0.25) is 0 Å². The fraction of sp³-hybridized carbons (Fsp3) is 0.545. The highest BCUT2D eigenvalue weighted by molar-refractivity contribution is 7.90. The summed E-state index contributed by atoms with van der Waals surface area (Å²) >= 11 is 0. The molecule has 1 aromatic carbocycles. The molecule has 2 aliphatic heterocycles. The summed E-state index contributed by atoms with van der Waals surface area (Å²) in [6.07, 6.45) is 3.67. The summed E-state index contributed by atoms with van der Waals surface area (Å²) in [6.45, 7) is 5.09. The Morgan fingerprint density at radius 2 is 2.00 bits per heavy atom. The van der Waals surface area contributed by atoms with E-state index < -0.39 is 10.0 Å². The second kappa shape index (κ2) is 7.99. The third kappa shape index (κ3) is 3.92. The zero-order chi connectivity index (χ0) is 22.5. The molecular weight excluding hydrogens is 430 g/mol. The van der Waals surface area contributed by atoms with E-state index in [9.17, 15) is 13.2 Å². The number of benzene rings is 1. The van der Waals surface area contributed by atoms with Gasteiger partial charge in [0.05, 0.1) is 5.92 Å². The van der Waals surface area contributed by atoms with Gasteiger partial charge in [-0.05, 0) is 43.7 Å². The highest BCUT2D eigenvalue weighted by Crippen LogP contribution is 2.39. The van der Waals surface area contributed by atoms with E-state index in [1.807, 2.05) is 18.7 Å². The minimum atomic E-state index is -3.69. The molecule has 1 N–H and O–H groups in total. The quantitative estimate of drug-likeness (QED) is 0.733. The predicted octanol–water partition coefficient (Wildman–Crippen LogP) is 2.62. The Morgan fingerprint density at radius 1 is 1.22 bits per heavy atom. The number of aromatic nitrogens is 2. The number of carbonyl (C=O) groups is 1. The van der Waals surface area contributed by atoms with Gasteiger partial charge in [-0.2, -0.15) is 13.4 Å². The Bertz CT molecular complexity index is 1170. The van der Waals surface area contributed by atoms with Crippen LogP contribution in [0, 0.1) is 11.8 Å². The van der Waals surface area contributed by atoms with Crippen molar-refractivity contribution in [3.8, 4) is 0 Å². The summed E-state index contributed by atoms with van der Waals surface area (Å²) in [7, 11) is -3.69. The van der Waals surface area contributed by atoms with Crippen LogP contribution in [0.5, 0.6) is 0 Å². The molecule has 2 unspecified atom stereocenters. The van der Waals surface area contributed by atoms with Gasteiger partial charge in [0.25, 0.3) is 10.0 Å². The van der Waals surface area contributed by atoms with Gasteiger partial charge in [-0.3, -0.25) is 4.79 Å². The monoisotopic (exact) mass is 457 g/mol. The molecule has 0 spiro atoms. The molecule has 1 aliphatic carbocycles. The summed E-state index contributed by atoms with van der Waals surface area (Å²) in [4.78, 5) is 19.9. The second-order valence-electron chi connectivity index (χ2n) is 9.17. The van der Waals surface area contributed by atoms with Crippen molar-refractivity contribution in [3.63, 3.8) is 0 Å². The van der Waals surface area contributed by atoms with Crippen LogP contribution in [0.25, 0.3) is 0 Å². The predicted molar refractivity (Wildman–Crippen MR) is 116 cm³/mol. The smallest absolute Gasteiger partial charge is 0.285 e. The molecule has 0 radical (unpaired) electrons. The van der Waals surface area contributed by atoms with Crippen molar-refractivity contribution >= 4 is 21.8 Å². The van der Waals surface area contributed by atoms with Gasteiger partial charge in [0.2, 0.25) is 11.8 Å². The average molecular weight is 458 g/mol. The minimum absolute atomic E-state index is 0.0855. The molecular formula is C22H27N5O4S. The van der Waals surface area contributed by atoms with Crippen molar-refractivity contribution in [2.75, 3.05) is 13.1 Å². The fourth-order valence-electron chi connectivity index (χ4n) is 4.37. The van der Waals surface area contributed by atoms with Crippen molar-refractivity contribution in [1.82, 2.24) is 20.4 Å². The van der Waals surface area contributed by atoms with Crippen LogP contribution < -0.4 is 5.32 Å². The maximum absolute atomic E-state index is 13.2. The number of rotatable bonds is 5. The first-order chi connectivity index (χ1) is 15.3. The van der Waals surface area contributed by atoms with Gasteiger partial charge >= 0.3 is 0 Å². The van der Waals surface area contributed by atoms with Gasteiger partial charge in [0.1, 0.15) is 10.9 Å². The molecule has 3 aliphatic rings. The van der Waals surface area contributed by atoms with Gasteiger partial charge in [-0.25, -0.2) is 0 Å². The number of fused-ring (bicyclic) bond motifs is 1. The second-order valence-corrected chi connectivity index (χ2v) is 10.7. The highest BCUT2D eigenvalue weighted by Gasteiger charge is 2.37. The van der Waals surface area contributed by atoms with E-state index in [0.29, 0.717) is 36.3 Å². The molecule has 1 amide bonds. The lowest BCUT2D eigenvalue weighted by Crippen LogP contribution is -2.46. The van der Waals surface area contributed by atoms with Crippen molar-refractivity contribution in [2.45, 2.75) is 56.4 Å². The maximum Gasteiger partial charge on any atom is 0.285 e. The van der Waals surface area contributed by atoms with E-state index >= 15 is 0 Å². The molecule has 1 aromatic heterocycles. The van der Waals surface area contributed by atoms with Gasteiger partial charge in [0, 0.05) is 24.6 Å². The molecule has 2 atom stereocenters. The van der Waals surface area contributed by atoms with Crippen molar-refractivity contribution in [3.05, 3.63) is 41.5 Å². The molecule has 1 saturated heterocycles. The van der Waals surface area contributed by atoms with Crippen molar-refractivity contribution in [2.24, 2.45) is 16.2 Å². The van der Waals surface area contributed by atoms with Crippen LogP contribution in [0.4, 0.5) is 0 Å². The molecule has 2 aromatic rings. The van der Waals surface area contributed by atoms with Gasteiger partial charge in [-0.15, -0.1) is 4.40 Å². The van der Waals surface area contributed by atoms with Gasteiger partial charge in [-0.1, -0.05) is 31.1 Å². The maximum atomic E-state index is 13.2. The Morgan fingerprint density at radius 3 is 2.75 bits per heavy atom. The third-order valence-electron chi connectivity index (χ3n) is 6.33. The Labute approximate surface area is 187 Å². The number of piperidine rings is 1. The fourth-order valence-corrected chi connectivity index (χ4v) is 5.59. The molecule has 2 fully saturated rings. The largest absolute Gasteiger partial charge is 0.355 e. The summed E-state index contributed by atoms with van der Waals surface area (Å²) < 4.78 is 34.4. The zero-order valence-electron chi connectivity index (χ0n) is 18.2. The lowest BCUT2D eigenvalue weighted by molar-refractivity contribution is -0.127. The van der Waals surface area contributed by atoms with Crippen molar-refractivity contribution in [1.29, 1.82) is 0 Å². The first-order valence-corrected chi connectivity index (χ1v) is 12.6. The van der Waals surface area contributed by atoms with Crippen LogP contribution in [0.1, 0.15) is 68.8 Å². The van der Waals surface area contributed by atoms with E-state index in [0.717, 1.165) is 31.5 Å². The first kappa shape index (κ1) is 21.1. The van der Waals surface area contributed by atoms with E-state index in [1.165, 1.54) is 0 Å². The summed E-state index contributed by atoms with van der Waals surface area (Å²) in [5, 5.41) is 7.18. The van der Waals surface area contributed by atoms with E-state index in [1.54, 1.807) is 24.3 Å². The lowest BCUT2D eigenvalue weighted by atomic mass is 9.95. The molecule has 9 nitrogen and oxygen atoms in total. The number of hydrogen-bond donors (Lipinski definition) is 1. The van der Waals surface area contributed by atoms with E-state index in [-0.39, 0.29) is 28.7 Å². The normalized spacial score (nSPS) is 23.0. The van der Waals surface area contributed by atoms with Gasteiger partial charge in [0.15, 0.2) is 11.7 Å². The third-order valence-corrected chi connectivity index (χ3v) is 7.66. The molecule has 1 saturated carbocycles. The van der Waals surface area contributed by atoms with Crippen LogP contribution in [0.15, 0.2) is 38.1 Å². The lowest BCUT2D eigenvalue weighted by Gasteiger charge is -2.34. The number of nitrogens with zero attached hydrogens (tertiary/aromatic N) is 4. The Hall–Kier alpha value is -2.75. The number of likely N-dealkylation sites (tertiary alicyclic amines) is 1.